The lowest BCUT2D eigenvalue weighted by atomic mass is 10.1. The van der Waals surface area contributed by atoms with Crippen LogP contribution in [0.4, 0.5) is 0 Å². The van der Waals surface area contributed by atoms with Crippen molar-refractivity contribution in [2.24, 2.45) is 0 Å². The molecule has 0 radical (unpaired) electrons. The van der Waals surface area contributed by atoms with Crippen molar-refractivity contribution in [3.63, 3.8) is 0 Å². The summed E-state index contributed by atoms with van der Waals surface area (Å²) in [4.78, 5) is 0. The Labute approximate surface area is 87.3 Å². The van der Waals surface area contributed by atoms with E-state index in [0.29, 0.717) is 5.88 Å². The van der Waals surface area contributed by atoms with Crippen LogP contribution in [-0.4, -0.2) is 15.4 Å². The maximum Gasteiger partial charge on any atom is 0.258 e. The number of aromatic amines is 1. The minimum Gasteiger partial charge on any atom is -0.436 e. The predicted molar refractivity (Wildman–Crippen MR) is 54.9 cm³/mol. The number of ether oxygens (including phenoxy) is 1. The number of hydrogen-bond acceptors (Lipinski definition) is 3. The third-order valence-electron chi connectivity index (χ3n) is 2.52. The molecule has 1 aromatic carbocycles. The number of nitrogens with one attached hydrogen (secondary N) is 1. The Morgan fingerprint density at radius 1 is 1.33 bits per heavy atom. The summed E-state index contributed by atoms with van der Waals surface area (Å²) in [7, 11) is 0. The Morgan fingerprint density at radius 3 is 3.00 bits per heavy atom. The van der Waals surface area contributed by atoms with Gasteiger partial charge in [-0.1, -0.05) is 12.1 Å². The molecule has 4 heteroatoms. The molecule has 0 bridgehead atoms. The minimum atomic E-state index is 0.503. The smallest absolute Gasteiger partial charge is 0.258 e. The van der Waals surface area contributed by atoms with Gasteiger partial charge in [0.2, 0.25) is 0 Å². The lowest BCUT2D eigenvalue weighted by Gasteiger charge is -2.03. The second kappa shape index (κ2) is 3.38. The van der Waals surface area contributed by atoms with Crippen molar-refractivity contribution in [3.8, 4) is 11.6 Å². The average Bonchev–Trinajstić information content (AvgIpc) is 3.00. The van der Waals surface area contributed by atoms with E-state index in [4.69, 9.17) is 4.74 Å². The molecule has 76 valence electrons. The van der Waals surface area contributed by atoms with Crippen molar-refractivity contribution in [2.75, 3.05) is 0 Å². The molecule has 1 aliphatic carbocycles. The van der Waals surface area contributed by atoms with E-state index in [1.807, 2.05) is 12.1 Å². The van der Waals surface area contributed by atoms with Crippen LogP contribution in [0.2, 0.25) is 0 Å². The zero-order chi connectivity index (χ0) is 10.1. The molecule has 1 saturated carbocycles. The van der Waals surface area contributed by atoms with Gasteiger partial charge in [-0.3, -0.25) is 0 Å². The van der Waals surface area contributed by atoms with Crippen molar-refractivity contribution >= 4 is 0 Å². The van der Waals surface area contributed by atoms with E-state index < -0.39 is 0 Å². The van der Waals surface area contributed by atoms with Crippen molar-refractivity contribution in [3.05, 3.63) is 36.0 Å². The second-order valence-corrected chi connectivity index (χ2v) is 3.76. The maximum atomic E-state index is 5.53. The fourth-order valence-corrected chi connectivity index (χ4v) is 1.61. The lowest BCUT2D eigenvalue weighted by Crippen LogP contribution is -1.86. The van der Waals surface area contributed by atoms with E-state index >= 15 is 0 Å². The number of benzene rings is 1. The van der Waals surface area contributed by atoms with Crippen LogP contribution in [-0.2, 0) is 0 Å². The van der Waals surface area contributed by atoms with Gasteiger partial charge in [0.15, 0.2) is 0 Å². The van der Waals surface area contributed by atoms with Gasteiger partial charge in [-0.25, -0.2) is 0 Å². The number of hydrogen-bond donors (Lipinski definition) is 1. The van der Waals surface area contributed by atoms with Crippen LogP contribution >= 0.6 is 0 Å². The molecule has 4 nitrogen and oxygen atoms in total. The highest BCUT2D eigenvalue weighted by molar-refractivity contribution is 5.34. The van der Waals surface area contributed by atoms with E-state index in [1.54, 1.807) is 6.20 Å². The highest BCUT2D eigenvalue weighted by atomic mass is 16.5. The van der Waals surface area contributed by atoms with Gasteiger partial charge in [-0.05, 0) is 36.5 Å². The summed E-state index contributed by atoms with van der Waals surface area (Å²) in [5, 5.41) is 10.0. The van der Waals surface area contributed by atoms with Crippen molar-refractivity contribution in [1.29, 1.82) is 0 Å². The number of H-pyrrole nitrogens is 1. The minimum absolute atomic E-state index is 0.503. The molecule has 1 heterocycles. The van der Waals surface area contributed by atoms with Crippen molar-refractivity contribution < 1.29 is 4.74 Å². The molecular formula is C11H11N3O. The first-order valence-corrected chi connectivity index (χ1v) is 5.05. The summed E-state index contributed by atoms with van der Waals surface area (Å²) in [6.07, 6.45) is 4.16. The Kier molecular flexibility index (Phi) is 1.91. The Hall–Kier alpha value is -1.84. The molecule has 0 spiro atoms. The van der Waals surface area contributed by atoms with Gasteiger partial charge in [0.25, 0.3) is 5.88 Å². The topological polar surface area (TPSA) is 50.8 Å². The SMILES string of the molecule is c1cc(Oc2cn[nH]n2)cc(C2CC2)c1. The van der Waals surface area contributed by atoms with E-state index in [0.717, 1.165) is 11.7 Å². The molecule has 2 aromatic rings. The molecule has 1 fully saturated rings. The summed E-state index contributed by atoms with van der Waals surface area (Å²) in [5.74, 6) is 2.07. The molecule has 0 unspecified atom stereocenters. The van der Waals surface area contributed by atoms with E-state index in [2.05, 4.69) is 27.5 Å². The first kappa shape index (κ1) is 8.47. The van der Waals surface area contributed by atoms with E-state index in [-0.39, 0.29) is 0 Å². The molecular weight excluding hydrogens is 190 g/mol. The van der Waals surface area contributed by atoms with E-state index in [9.17, 15) is 0 Å². The van der Waals surface area contributed by atoms with Gasteiger partial charge >= 0.3 is 0 Å². The first-order valence-electron chi connectivity index (χ1n) is 5.05. The molecule has 1 aliphatic rings. The van der Waals surface area contributed by atoms with Gasteiger partial charge in [0.1, 0.15) is 11.9 Å². The number of nitrogens with zero attached hydrogens (tertiary/aromatic N) is 2. The third kappa shape index (κ3) is 1.83. The van der Waals surface area contributed by atoms with Gasteiger partial charge < -0.3 is 4.74 Å². The van der Waals surface area contributed by atoms with Gasteiger partial charge in [0.05, 0.1) is 0 Å². The summed E-state index contributed by atoms with van der Waals surface area (Å²) in [6.45, 7) is 0. The van der Waals surface area contributed by atoms with Crippen LogP contribution in [0, 0.1) is 0 Å². The largest absolute Gasteiger partial charge is 0.436 e. The summed E-state index contributed by atoms with van der Waals surface area (Å²) < 4.78 is 5.53. The van der Waals surface area contributed by atoms with Crippen molar-refractivity contribution in [1.82, 2.24) is 15.4 Å². The molecule has 0 aliphatic heterocycles. The Morgan fingerprint density at radius 2 is 2.27 bits per heavy atom. The van der Waals surface area contributed by atoms with Crippen LogP contribution in [0.3, 0.4) is 0 Å². The van der Waals surface area contributed by atoms with Gasteiger partial charge in [0, 0.05) is 0 Å². The zero-order valence-corrected chi connectivity index (χ0v) is 8.18. The highest BCUT2D eigenvalue weighted by Gasteiger charge is 2.23. The van der Waals surface area contributed by atoms with Crippen LogP contribution < -0.4 is 4.74 Å². The normalized spacial score (nSPS) is 15.2. The lowest BCUT2D eigenvalue weighted by molar-refractivity contribution is 0.461. The van der Waals surface area contributed by atoms with Crippen LogP contribution in [0.5, 0.6) is 11.6 Å². The predicted octanol–water partition coefficient (Wildman–Crippen LogP) is 2.47. The summed E-state index contributed by atoms with van der Waals surface area (Å²) in [5.41, 5.74) is 1.36. The first-order chi connectivity index (χ1) is 7.42. The number of rotatable bonds is 3. The second-order valence-electron chi connectivity index (χ2n) is 3.76. The Bertz CT molecular complexity index is 449. The van der Waals surface area contributed by atoms with Crippen molar-refractivity contribution in [2.45, 2.75) is 18.8 Å². The molecule has 1 aromatic heterocycles. The fourth-order valence-electron chi connectivity index (χ4n) is 1.61. The zero-order valence-electron chi connectivity index (χ0n) is 8.18. The van der Waals surface area contributed by atoms with Crippen LogP contribution in [0.1, 0.15) is 24.3 Å². The molecule has 15 heavy (non-hydrogen) atoms. The summed E-state index contributed by atoms with van der Waals surface area (Å²) >= 11 is 0. The summed E-state index contributed by atoms with van der Waals surface area (Å²) in [6, 6.07) is 8.17. The van der Waals surface area contributed by atoms with Gasteiger partial charge in [-0.15, -0.1) is 5.10 Å². The number of aromatic nitrogens is 3. The third-order valence-corrected chi connectivity index (χ3v) is 2.52. The highest BCUT2D eigenvalue weighted by Crippen LogP contribution is 2.41. The van der Waals surface area contributed by atoms with Crippen LogP contribution in [0.15, 0.2) is 30.5 Å². The maximum absolute atomic E-state index is 5.53. The van der Waals surface area contributed by atoms with Crippen LogP contribution in [0.25, 0.3) is 0 Å². The fraction of sp³-hybridized carbons (Fsp3) is 0.273. The standard InChI is InChI=1S/C11H11N3O/c1-2-9(8-4-5-8)6-10(3-1)15-11-7-12-14-13-11/h1-3,6-8H,4-5H2,(H,12,13,14). The quantitative estimate of drug-likeness (QED) is 0.829. The molecule has 0 saturated heterocycles. The van der Waals surface area contributed by atoms with E-state index in [1.165, 1.54) is 18.4 Å². The molecule has 1 N–H and O–H groups in total. The average molecular weight is 201 g/mol. The Balaban J connectivity index is 1.82. The van der Waals surface area contributed by atoms with Gasteiger partial charge in [-0.2, -0.15) is 10.3 Å². The molecule has 0 amide bonds. The molecule has 3 rings (SSSR count). The monoisotopic (exact) mass is 201 g/mol. The molecule has 0 atom stereocenters.